The summed E-state index contributed by atoms with van der Waals surface area (Å²) in [6, 6.07) is 28.6. The molecule has 0 fully saturated rings. The molecular weight excluding hydrogens is 604 g/mol. The van der Waals surface area contributed by atoms with Crippen molar-refractivity contribution in [3.8, 4) is 11.5 Å². The quantitative estimate of drug-likeness (QED) is 0.105. The SMILES string of the molecule is CCOc1cccc(N2C(=O)c3ccc4c5ccc6c7c(ccc(c8ccc(c3c48)C2=O)c75)C(=O)N(c2cccc(OCC)c2)C6=O)c1. The second-order valence-electron chi connectivity index (χ2n) is 11.9. The Labute approximate surface area is 274 Å². The Morgan fingerprint density at radius 2 is 0.771 bits per heavy atom. The topological polar surface area (TPSA) is 93.2 Å². The molecule has 9 rings (SSSR count). The van der Waals surface area contributed by atoms with Gasteiger partial charge >= 0.3 is 0 Å². The molecule has 8 nitrogen and oxygen atoms in total. The van der Waals surface area contributed by atoms with Crippen LogP contribution in [0.15, 0.2) is 97.1 Å². The van der Waals surface area contributed by atoms with E-state index in [1.54, 1.807) is 72.8 Å². The Kier molecular flexibility index (Phi) is 5.89. The maximum Gasteiger partial charge on any atom is 0.265 e. The van der Waals surface area contributed by atoms with E-state index in [1.807, 2.05) is 38.1 Å². The Hall–Kier alpha value is -6.28. The van der Waals surface area contributed by atoms with Crippen LogP contribution in [0.25, 0.3) is 43.1 Å². The van der Waals surface area contributed by atoms with Crippen LogP contribution >= 0.6 is 0 Å². The largest absolute Gasteiger partial charge is 0.494 e. The van der Waals surface area contributed by atoms with Crippen LogP contribution in [0, 0.1) is 0 Å². The average molecular weight is 631 g/mol. The Balaban J connectivity index is 1.25. The molecule has 2 heterocycles. The molecular formula is C40H26N2O6. The van der Waals surface area contributed by atoms with E-state index in [1.165, 1.54) is 9.80 Å². The van der Waals surface area contributed by atoms with Gasteiger partial charge in [-0.05, 0) is 94.7 Å². The first kappa shape index (κ1) is 28.0. The molecule has 0 saturated heterocycles. The number of rotatable bonds is 6. The van der Waals surface area contributed by atoms with Gasteiger partial charge in [0.25, 0.3) is 23.6 Å². The summed E-state index contributed by atoms with van der Waals surface area (Å²) < 4.78 is 11.3. The molecule has 0 radical (unpaired) electrons. The predicted octanol–water partition coefficient (Wildman–Crippen LogP) is 8.14. The Morgan fingerprint density at radius 3 is 1.08 bits per heavy atom. The second kappa shape index (κ2) is 10.1. The van der Waals surface area contributed by atoms with Gasteiger partial charge in [0, 0.05) is 45.2 Å². The molecule has 232 valence electrons. The highest BCUT2D eigenvalue weighted by atomic mass is 16.5. The number of carbonyl (C=O) groups excluding carboxylic acids is 4. The van der Waals surface area contributed by atoms with Crippen molar-refractivity contribution in [2.24, 2.45) is 0 Å². The van der Waals surface area contributed by atoms with Crippen molar-refractivity contribution in [2.75, 3.05) is 23.0 Å². The van der Waals surface area contributed by atoms with E-state index < -0.39 is 23.6 Å². The lowest BCUT2D eigenvalue weighted by atomic mass is 9.82. The Morgan fingerprint density at radius 1 is 0.438 bits per heavy atom. The summed E-state index contributed by atoms with van der Waals surface area (Å²) in [5.41, 5.74) is 2.58. The third kappa shape index (κ3) is 3.65. The van der Waals surface area contributed by atoms with E-state index in [0.29, 0.717) is 69.1 Å². The molecule has 7 aromatic carbocycles. The van der Waals surface area contributed by atoms with Crippen molar-refractivity contribution in [3.05, 3.63) is 119 Å². The molecule has 2 aliphatic rings. The maximum atomic E-state index is 14.0. The number of benzene rings is 7. The normalized spacial score (nSPS) is 14.3. The van der Waals surface area contributed by atoms with Crippen molar-refractivity contribution in [2.45, 2.75) is 13.8 Å². The first-order valence-corrected chi connectivity index (χ1v) is 15.8. The van der Waals surface area contributed by atoms with Gasteiger partial charge in [-0.2, -0.15) is 0 Å². The molecule has 0 spiro atoms. The maximum absolute atomic E-state index is 14.0. The summed E-state index contributed by atoms with van der Waals surface area (Å²) in [4.78, 5) is 58.6. The third-order valence-corrected chi connectivity index (χ3v) is 9.41. The lowest BCUT2D eigenvalue weighted by molar-refractivity contribution is 0.0877. The number of ether oxygens (including phenoxy) is 2. The zero-order chi connectivity index (χ0) is 32.8. The van der Waals surface area contributed by atoms with Crippen molar-refractivity contribution in [3.63, 3.8) is 0 Å². The summed E-state index contributed by atoms with van der Waals surface area (Å²) in [5, 5.41) is 6.14. The van der Waals surface area contributed by atoms with Crippen LogP contribution in [-0.2, 0) is 0 Å². The minimum absolute atomic E-state index is 0.411. The molecule has 0 atom stereocenters. The van der Waals surface area contributed by atoms with E-state index >= 15 is 0 Å². The number of carbonyl (C=O) groups is 4. The van der Waals surface area contributed by atoms with Gasteiger partial charge in [-0.1, -0.05) is 36.4 Å². The molecule has 2 aliphatic heterocycles. The zero-order valence-corrected chi connectivity index (χ0v) is 26.0. The number of nitrogens with zero attached hydrogens (tertiary/aromatic N) is 2. The summed E-state index contributed by atoms with van der Waals surface area (Å²) in [6.07, 6.45) is 0. The van der Waals surface area contributed by atoms with E-state index in [-0.39, 0.29) is 0 Å². The van der Waals surface area contributed by atoms with Crippen LogP contribution in [0.2, 0.25) is 0 Å². The highest BCUT2D eigenvalue weighted by molar-refractivity contribution is 6.45. The second-order valence-corrected chi connectivity index (χ2v) is 11.9. The van der Waals surface area contributed by atoms with E-state index in [0.717, 1.165) is 32.3 Å². The molecule has 0 unspecified atom stereocenters. The molecule has 7 aromatic rings. The number of fused-ring (bicyclic) bond motifs is 2. The Bertz CT molecular complexity index is 2290. The van der Waals surface area contributed by atoms with E-state index in [4.69, 9.17) is 9.47 Å². The van der Waals surface area contributed by atoms with Crippen LogP contribution in [0.3, 0.4) is 0 Å². The third-order valence-electron chi connectivity index (χ3n) is 9.41. The monoisotopic (exact) mass is 630 g/mol. The summed E-state index contributed by atoms with van der Waals surface area (Å²) in [7, 11) is 0. The predicted molar refractivity (Wildman–Crippen MR) is 185 cm³/mol. The van der Waals surface area contributed by atoms with Gasteiger partial charge in [-0.3, -0.25) is 19.2 Å². The van der Waals surface area contributed by atoms with Crippen LogP contribution in [0.5, 0.6) is 11.5 Å². The van der Waals surface area contributed by atoms with E-state index in [2.05, 4.69) is 0 Å². The lowest BCUT2D eigenvalue weighted by Gasteiger charge is -2.30. The van der Waals surface area contributed by atoms with Crippen molar-refractivity contribution in [1.82, 2.24) is 0 Å². The first-order chi connectivity index (χ1) is 23.4. The smallest absolute Gasteiger partial charge is 0.265 e. The van der Waals surface area contributed by atoms with Crippen molar-refractivity contribution < 1.29 is 28.7 Å². The molecule has 4 amide bonds. The fraction of sp³-hybridized carbons (Fsp3) is 0.100. The van der Waals surface area contributed by atoms with Gasteiger partial charge < -0.3 is 9.47 Å². The number of hydrogen-bond donors (Lipinski definition) is 0. The van der Waals surface area contributed by atoms with Gasteiger partial charge in [0.15, 0.2) is 0 Å². The zero-order valence-electron chi connectivity index (χ0n) is 26.0. The van der Waals surface area contributed by atoms with Gasteiger partial charge in [-0.15, -0.1) is 0 Å². The fourth-order valence-corrected chi connectivity index (χ4v) is 7.50. The van der Waals surface area contributed by atoms with Crippen molar-refractivity contribution >= 4 is 78.1 Å². The minimum atomic E-state index is -0.411. The van der Waals surface area contributed by atoms with Crippen LogP contribution in [-0.4, -0.2) is 36.8 Å². The highest BCUT2D eigenvalue weighted by Crippen LogP contribution is 2.47. The summed E-state index contributed by atoms with van der Waals surface area (Å²) >= 11 is 0. The number of hydrogen-bond acceptors (Lipinski definition) is 6. The average Bonchev–Trinajstić information content (AvgIpc) is 3.10. The highest BCUT2D eigenvalue weighted by Gasteiger charge is 2.38. The van der Waals surface area contributed by atoms with Crippen LogP contribution < -0.4 is 19.3 Å². The molecule has 0 bridgehead atoms. The molecule has 48 heavy (non-hydrogen) atoms. The van der Waals surface area contributed by atoms with Gasteiger partial charge in [0.05, 0.1) is 24.6 Å². The summed E-state index contributed by atoms with van der Waals surface area (Å²) in [6.45, 7) is 4.67. The first-order valence-electron chi connectivity index (χ1n) is 15.8. The number of imide groups is 2. The molecule has 0 aromatic heterocycles. The fourth-order valence-electron chi connectivity index (χ4n) is 7.50. The molecule has 8 heteroatoms. The standard InChI is InChI=1S/C40H26N2O6/c1-3-47-23-9-5-7-21(19-23)41-37(43)29-15-11-25-27-13-17-31-36-32(40(46)42(39(31)45)22-8-6-10-24(20-22)48-4-2)18-14-28(34(27)36)26-12-16-30(38(41)44)35(29)33(25)26/h5-20H,3-4H2,1-2H3. The number of anilines is 2. The summed E-state index contributed by atoms with van der Waals surface area (Å²) in [5.74, 6) is -0.503. The van der Waals surface area contributed by atoms with Crippen molar-refractivity contribution in [1.29, 1.82) is 0 Å². The lowest BCUT2D eigenvalue weighted by Crippen LogP contribution is -2.40. The van der Waals surface area contributed by atoms with Crippen LogP contribution in [0.4, 0.5) is 11.4 Å². The van der Waals surface area contributed by atoms with E-state index in [9.17, 15) is 19.2 Å². The molecule has 0 saturated carbocycles. The van der Waals surface area contributed by atoms with Gasteiger partial charge in [0.2, 0.25) is 0 Å². The van der Waals surface area contributed by atoms with Crippen LogP contribution in [0.1, 0.15) is 55.3 Å². The molecule has 0 aliphatic carbocycles. The molecule has 0 N–H and O–H groups in total. The van der Waals surface area contributed by atoms with Gasteiger partial charge in [-0.25, -0.2) is 9.80 Å². The minimum Gasteiger partial charge on any atom is -0.494 e. The van der Waals surface area contributed by atoms with Gasteiger partial charge in [0.1, 0.15) is 11.5 Å². The number of amides is 4.